The molecule has 0 aliphatic heterocycles. The molecule has 0 fully saturated rings. The quantitative estimate of drug-likeness (QED) is 0.749. The molecule has 1 aromatic carbocycles. The van der Waals surface area contributed by atoms with Crippen LogP contribution in [0.15, 0.2) is 28.7 Å². The predicted octanol–water partition coefficient (Wildman–Crippen LogP) is 5.40. The first-order chi connectivity index (χ1) is 10.2. The Labute approximate surface area is 139 Å². The fourth-order valence-electron chi connectivity index (χ4n) is 3.07. The topological polar surface area (TPSA) is 12.0 Å². The highest BCUT2D eigenvalue weighted by Gasteiger charge is 2.19. The summed E-state index contributed by atoms with van der Waals surface area (Å²) in [4.78, 5) is 2.76. The van der Waals surface area contributed by atoms with Crippen LogP contribution >= 0.6 is 27.3 Å². The largest absolute Gasteiger partial charge is 0.306 e. The first-order valence-corrected chi connectivity index (χ1v) is 9.41. The molecule has 3 rings (SSSR count). The average Bonchev–Trinajstić information content (AvgIpc) is 3.06. The number of rotatable bonds is 5. The van der Waals surface area contributed by atoms with Gasteiger partial charge >= 0.3 is 0 Å². The summed E-state index contributed by atoms with van der Waals surface area (Å²) in [5.41, 5.74) is 4.53. The lowest BCUT2D eigenvalue weighted by atomic mass is 10.00. The maximum atomic E-state index is 3.72. The van der Waals surface area contributed by atoms with Crippen LogP contribution in [0.5, 0.6) is 0 Å². The van der Waals surface area contributed by atoms with Gasteiger partial charge in [0, 0.05) is 14.2 Å². The minimum atomic E-state index is 0.325. The molecule has 1 heterocycles. The SMILES string of the molecule is CCCNC(c1ccc2c(c1)CCC2)c1cc(Br)c(C)s1. The van der Waals surface area contributed by atoms with Gasteiger partial charge in [0.15, 0.2) is 0 Å². The molecule has 1 N–H and O–H groups in total. The van der Waals surface area contributed by atoms with Crippen molar-refractivity contribution >= 4 is 27.3 Å². The van der Waals surface area contributed by atoms with Crippen molar-refractivity contribution in [3.8, 4) is 0 Å². The first kappa shape index (κ1) is 15.3. The van der Waals surface area contributed by atoms with Crippen molar-refractivity contribution < 1.29 is 0 Å². The second-order valence-corrected chi connectivity index (χ2v) is 7.96. The zero-order valence-corrected chi connectivity index (χ0v) is 15.1. The van der Waals surface area contributed by atoms with Crippen molar-refractivity contribution in [1.82, 2.24) is 5.32 Å². The van der Waals surface area contributed by atoms with Crippen LogP contribution < -0.4 is 5.32 Å². The minimum Gasteiger partial charge on any atom is -0.306 e. The van der Waals surface area contributed by atoms with E-state index in [9.17, 15) is 0 Å². The fraction of sp³-hybridized carbons (Fsp3) is 0.444. The fourth-order valence-corrected chi connectivity index (χ4v) is 4.73. The van der Waals surface area contributed by atoms with E-state index < -0.39 is 0 Å². The molecule has 1 nitrogen and oxygen atoms in total. The lowest BCUT2D eigenvalue weighted by Crippen LogP contribution is -2.22. The van der Waals surface area contributed by atoms with E-state index in [1.54, 1.807) is 11.1 Å². The van der Waals surface area contributed by atoms with Gasteiger partial charge < -0.3 is 5.32 Å². The molecular formula is C18H22BrNS. The molecule has 112 valence electrons. The molecule has 1 aliphatic rings. The highest BCUT2D eigenvalue weighted by molar-refractivity contribution is 9.10. The summed E-state index contributed by atoms with van der Waals surface area (Å²) < 4.78 is 1.23. The lowest BCUT2D eigenvalue weighted by Gasteiger charge is -2.19. The van der Waals surface area contributed by atoms with Crippen LogP contribution in [0.2, 0.25) is 0 Å². The molecule has 1 atom stereocenters. The van der Waals surface area contributed by atoms with Crippen molar-refractivity contribution in [2.45, 2.75) is 45.6 Å². The van der Waals surface area contributed by atoms with Crippen molar-refractivity contribution in [2.24, 2.45) is 0 Å². The van der Waals surface area contributed by atoms with Gasteiger partial charge in [-0.3, -0.25) is 0 Å². The Kier molecular flexibility index (Phi) is 4.82. The molecule has 3 heteroatoms. The van der Waals surface area contributed by atoms with Crippen molar-refractivity contribution in [3.05, 3.63) is 55.2 Å². The van der Waals surface area contributed by atoms with Gasteiger partial charge in [-0.2, -0.15) is 0 Å². The van der Waals surface area contributed by atoms with E-state index in [4.69, 9.17) is 0 Å². The maximum absolute atomic E-state index is 3.72. The van der Waals surface area contributed by atoms with E-state index in [-0.39, 0.29) is 0 Å². The van der Waals surface area contributed by atoms with Gasteiger partial charge in [-0.1, -0.05) is 25.1 Å². The molecule has 0 spiro atoms. The molecular weight excluding hydrogens is 342 g/mol. The van der Waals surface area contributed by atoms with Gasteiger partial charge in [0.25, 0.3) is 0 Å². The van der Waals surface area contributed by atoms with Crippen LogP contribution in [0.1, 0.15) is 52.3 Å². The molecule has 1 aliphatic carbocycles. The van der Waals surface area contributed by atoms with Crippen LogP contribution in [0, 0.1) is 6.92 Å². The number of halogens is 1. The van der Waals surface area contributed by atoms with Crippen LogP contribution in [0.25, 0.3) is 0 Å². The molecule has 1 unspecified atom stereocenters. The first-order valence-electron chi connectivity index (χ1n) is 7.80. The smallest absolute Gasteiger partial charge is 0.0671 e. The number of aryl methyl sites for hydroxylation is 3. The summed E-state index contributed by atoms with van der Waals surface area (Å²) in [7, 11) is 0. The van der Waals surface area contributed by atoms with Crippen LogP contribution in [0.3, 0.4) is 0 Å². The number of thiophene rings is 1. The molecule has 21 heavy (non-hydrogen) atoms. The van der Waals surface area contributed by atoms with Gasteiger partial charge in [-0.05, 0) is 77.8 Å². The van der Waals surface area contributed by atoms with E-state index >= 15 is 0 Å². The van der Waals surface area contributed by atoms with Crippen molar-refractivity contribution in [2.75, 3.05) is 6.54 Å². The standard InChI is InChI=1S/C18H22BrNS/c1-3-9-20-18(17-11-16(19)12(2)21-17)15-8-7-13-5-4-6-14(13)10-15/h7-8,10-11,18,20H,3-6,9H2,1-2H3. The zero-order valence-electron chi connectivity index (χ0n) is 12.7. The summed E-state index contributed by atoms with van der Waals surface area (Å²) in [5, 5.41) is 3.72. The van der Waals surface area contributed by atoms with E-state index in [0.717, 1.165) is 13.0 Å². The van der Waals surface area contributed by atoms with Gasteiger partial charge in [0.05, 0.1) is 6.04 Å². The molecule has 0 saturated carbocycles. The zero-order chi connectivity index (χ0) is 14.8. The molecule has 1 aromatic heterocycles. The van der Waals surface area contributed by atoms with Gasteiger partial charge in [0.1, 0.15) is 0 Å². The number of fused-ring (bicyclic) bond motifs is 1. The minimum absolute atomic E-state index is 0.325. The normalized spacial score (nSPS) is 15.2. The van der Waals surface area contributed by atoms with E-state index in [1.165, 1.54) is 39.1 Å². The summed E-state index contributed by atoms with van der Waals surface area (Å²) in [6.45, 7) is 5.45. The average molecular weight is 364 g/mol. The molecule has 0 bridgehead atoms. The molecule has 0 radical (unpaired) electrons. The monoisotopic (exact) mass is 363 g/mol. The van der Waals surface area contributed by atoms with E-state index in [0.29, 0.717) is 6.04 Å². The highest BCUT2D eigenvalue weighted by Crippen LogP contribution is 2.35. The van der Waals surface area contributed by atoms with Gasteiger partial charge in [-0.25, -0.2) is 0 Å². The van der Waals surface area contributed by atoms with Crippen molar-refractivity contribution in [1.29, 1.82) is 0 Å². The third kappa shape index (κ3) is 3.25. The summed E-state index contributed by atoms with van der Waals surface area (Å²) >= 11 is 5.55. The number of nitrogens with one attached hydrogen (secondary N) is 1. The molecule has 0 saturated heterocycles. The Balaban J connectivity index is 1.95. The second-order valence-electron chi connectivity index (χ2n) is 5.82. The summed E-state index contributed by atoms with van der Waals surface area (Å²) in [5.74, 6) is 0. The van der Waals surface area contributed by atoms with Crippen LogP contribution in [0.4, 0.5) is 0 Å². The molecule has 2 aromatic rings. The van der Waals surface area contributed by atoms with E-state index in [2.05, 4.69) is 59.4 Å². The number of hydrogen-bond donors (Lipinski definition) is 1. The second kappa shape index (κ2) is 6.64. The van der Waals surface area contributed by atoms with E-state index in [1.807, 2.05) is 11.3 Å². The van der Waals surface area contributed by atoms with Gasteiger partial charge in [-0.15, -0.1) is 11.3 Å². The summed E-state index contributed by atoms with van der Waals surface area (Å²) in [6, 6.07) is 9.69. The van der Waals surface area contributed by atoms with Crippen LogP contribution in [-0.4, -0.2) is 6.54 Å². The Morgan fingerprint density at radius 1 is 1.24 bits per heavy atom. The predicted molar refractivity (Wildman–Crippen MR) is 95.4 cm³/mol. The molecule has 0 amide bonds. The Bertz CT molecular complexity index is 613. The van der Waals surface area contributed by atoms with Gasteiger partial charge in [0.2, 0.25) is 0 Å². The summed E-state index contributed by atoms with van der Waals surface area (Å²) in [6.07, 6.45) is 4.98. The maximum Gasteiger partial charge on any atom is 0.0671 e. The van der Waals surface area contributed by atoms with Crippen molar-refractivity contribution in [3.63, 3.8) is 0 Å². The highest BCUT2D eigenvalue weighted by atomic mass is 79.9. The Morgan fingerprint density at radius 3 is 2.76 bits per heavy atom. The third-order valence-corrected chi connectivity index (χ3v) is 6.42. The third-order valence-electron chi connectivity index (χ3n) is 4.22. The lowest BCUT2D eigenvalue weighted by molar-refractivity contribution is 0.605. The van der Waals surface area contributed by atoms with Crippen LogP contribution in [-0.2, 0) is 12.8 Å². The number of benzene rings is 1. The number of hydrogen-bond acceptors (Lipinski definition) is 2. The Morgan fingerprint density at radius 2 is 2.05 bits per heavy atom. The Hall–Kier alpha value is -0.640.